The molecule has 1 fully saturated rings. The summed E-state index contributed by atoms with van der Waals surface area (Å²) in [6, 6.07) is 6.28. The van der Waals surface area contributed by atoms with Crippen molar-refractivity contribution >= 4 is 27.5 Å². The molecule has 0 N–H and O–H groups in total. The van der Waals surface area contributed by atoms with Crippen LogP contribution >= 0.6 is 11.3 Å². The van der Waals surface area contributed by atoms with Gasteiger partial charge in [-0.15, -0.1) is 5.10 Å². The average Bonchev–Trinajstić information content (AvgIpc) is 3.19. The number of fused-ring (bicyclic) bond motifs is 1. The Morgan fingerprint density at radius 3 is 2.59 bits per heavy atom. The Labute approximate surface area is 172 Å². The van der Waals surface area contributed by atoms with Gasteiger partial charge in [0.25, 0.3) is 0 Å². The van der Waals surface area contributed by atoms with Crippen molar-refractivity contribution < 1.29 is 13.9 Å². The number of aromatic nitrogens is 3. The highest BCUT2D eigenvalue weighted by Crippen LogP contribution is 2.28. The molecule has 0 radical (unpaired) electrons. The molecule has 7 nitrogen and oxygen atoms in total. The van der Waals surface area contributed by atoms with Crippen LogP contribution < -0.4 is 4.90 Å². The van der Waals surface area contributed by atoms with Gasteiger partial charge in [-0.1, -0.05) is 11.3 Å². The number of carbonyl (C=O) groups is 1. The summed E-state index contributed by atoms with van der Waals surface area (Å²) >= 11 is 1.50. The Hall–Kier alpha value is -2.68. The number of hydrogen-bond acceptors (Lipinski definition) is 6. The van der Waals surface area contributed by atoms with Crippen molar-refractivity contribution in [2.24, 2.45) is 0 Å². The summed E-state index contributed by atoms with van der Waals surface area (Å²) < 4.78 is 20.4. The number of anilines is 1. The number of benzene rings is 1. The molecular weight excluding hydrogens is 393 g/mol. The third-order valence-corrected chi connectivity index (χ3v) is 5.68. The summed E-state index contributed by atoms with van der Waals surface area (Å²) in [5.41, 5.74) is 1.11. The van der Waals surface area contributed by atoms with Crippen LogP contribution in [0.15, 0.2) is 30.5 Å². The lowest BCUT2D eigenvalue weighted by atomic mass is 10.2. The third-order valence-electron chi connectivity index (χ3n) is 4.70. The molecule has 3 heterocycles. The van der Waals surface area contributed by atoms with Gasteiger partial charge < -0.3 is 14.5 Å². The minimum Gasteiger partial charge on any atom is -0.444 e. The highest BCUT2D eigenvalue weighted by Gasteiger charge is 2.32. The van der Waals surface area contributed by atoms with E-state index >= 15 is 0 Å². The molecule has 154 valence electrons. The van der Waals surface area contributed by atoms with Gasteiger partial charge in [-0.2, -0.15) is 0 Å². The molecule has 1 saturated heterocycles. The number of ether oxygens (including phenoxy) is 1. The first-order chi connectivity index (χ1) is 13.7. The first-order valence-electron chi connectivity index (χ1n) is 9.56. The predicted octanol–water partition coefficient (Wildman–Crippen LogP) is 4.04. The smallest absolute Gasteiger partial charge is 0.410 e. The number of carbonyl (C=O) groups excluding carboxylic acids is 1. The number of halogens is 1. The van der Waals surface area contributed by atoms with Crippen LogP contribution in [0.5, 0.6) is 0 Å². The van der Waals surface area contributed by atoms with E-state index in [0.29, 0.717) is 19.6 Å². The predicted molar refractivity (Wildman–Crippen MR) is 111 cm³/mol. The molecule has 1 aliphatic rings. The zero-order valence-electron chi connectivity index (χ0n) is 16.9. The van der Waals surface area contributed by atoms with E-state index in [-0.39, 0.29) is 18.0 Å². The van der Waals surface area contributed by atoms with Gasteiger partial charge in [-0.25, -0.2) is 18.7 Å². The monoisotopic (exact) mass is 417 g/mol. The van der Waals surface area contributed by atoms with Crippen LogP contribution in [0.4, 0.5) is 14.3 Å². The fourth-order valence-corrected chi connectivity index (χ4v) is 4.22. The highest BCUT2D eigenvalue weighted by atomic mass is 32.1. The Morgan fingerprint density at radius 1 is 1.24 bits per heavy atom. The van der Waals surface area contributed by atoms with Crippen LogP contribution in [-0.4, -0.2) is 56.9 Å². The van der Waals surface area contributed by atoms with Crippen LogP contribution in [0.3, 0.4) is 0 Å². The fourth-order valence-electron chi connectivity index (χ4n) is 3.30. The molecule has 2 aromatic heterocycles. The maximum absolute atomic E-state index is 13.1. The van der Waals surface area contributed by atoms with E-state index in [1.54, 1.807) is 21.5 Å². The van der Waals surface area contributed by atoms with Gasteiger partial charge in [0, 0.05) is 31.2 Å². The number of imidazole rings is 1. The van der Waals surface area contributed by atoms with Gasteiger partial charge in [0.05, 0.1) is 11.9 Å². The molecule has 0 saturated carbocycles. The summed E-state index contributed by atoms with van der Waals surface area (Å²) in [6.07, 6.45) is 1.57. The maximum atomic E-state index is 13.1. The van der Waals surface area contributed by atoms with Crippen molar-refractivity contribution in [1.29, 1.82) is 0 Å². The molecule has 1 unspecified atom stereocenters. The Bertz CT molecular complexity index is 992. The normalized spacial score (nSPS) is 17.8. The van der Waals surface area contributed by atoms with E-state index < -0.39 is 5.60 Å². The molecule has 0 spiro atoms. The second-order valence-corrected chi connectivity index (χ2v) is 9.15. The highest BCUT2D eigenvalue weighted by molar-refractivity contribution is 7.20. The van der Waals surface area contributed by atoms with E-state index in [9.17, 15) is 9.18 Å². The molecule has 4 rings (SSSR count). The third kappa shape index (κ3) is 4.19. The Kier molecular flexibility index (Phi) is 4.94. The van der Waals surface area contributed by atoms with E-state index in [1.807, 2.05) is 33.9 Å². The molecule has 1 aliphatic heterocycles. The summed E-state index contributed by atoms with van der Waals surface area (Å²) in [4.78, 5) is 21.7. The first kappa shape index (κ1) is 19.6. The number of nitrogens with zero attached hydrogens (tertiary/aromatic N) is 5. The SMILES string of the molecule is CC1CN(c2nn3cc(-c4ccc(F)cc4)nc3s2)CCN1C(=O)OC(C)(C)C. The molecule has 1 amide bonds. The van der Waals surface area contributed by atoms with Crippen LogP contribution in [0, 0.1) is 5.82 Å². The summed E-state index contributed by atoms with van der Waals surface area (Å²) in [6.45, 7) is 9.58. The number of piperazine rings is 1. The molecular formula is C20H24FN5O2S. The van der Waals surface area contributed by atoms with E-state index in [4.69, 9.17) is 4.74 Å². The zero-order valence-corrected chi connectivity index (χ0v) is 17.7. The summed E-state index contributed by atoms with van der Waals surface area (Å²) in [5.74, 6) is -0.269. The number of rotatable bonds is 2. The topological polar surface area (TPSA) is 63.0 Å². The molecule has 9 heteroatoms. The minimum absolute atomic E-state index is 0.0181. The van der Waals surface area contributed by atoms with Crippen LogP contribution in [0.25, 0.3) is 16.2 Å². The first-order valence-corrected chi connectivity index (χ1v) is 10.4. The van der Waals surface area contributed by atoms with Gasteiger partial charge in [0.15, 0.2) is 0 Å². The van der Waals surface area contributed by atoms with Crippen molar-refractivity contribution in [3.8, 4) is 11.3 Å². The molecule has 0 aliphatic carbocycles. The lowest BCUT2D eigenvalue weighted by Gasteiger charge is -2.39. The number of amides is 1. The minimum atomic E-state index is -0.503. The second-order valence-electron chi connectivity index (χ2n) is 8.21. The van der Waals surface area contributed by atoms with Crippen LogP contribution in [0.1, 0.15) is 27.7 Å². The summed E-state index contributed by atoms with van der Waals surface area (Å²) in [5, 5.41) is 5.52. The van der Waals surface area contributed by atoms with Crippen LogP contribution in [-0.2, 0) is 4.74 Å². The van der Waals surface area contributed by atoms with E-state index in [1.165, 1.54) is 23.5 Å². The largest absolute Gasteiger partial charge is 0.444 e. The Morgan fingerprint density at radius 2 is 1.97 bits per heavy atom. The van der Waals surface area contributed by atoms with E-state index in [0.717, 1.165) is 21.3 Å². The van der Waals surface area contributed by atoms with Crippen molar-refractivity contribution in [3.63, 3.8) is 0 Å². The molecule has 29 heavy (non-hydrogen) atoms. The zero-order chi connectivity index (χ0) is 20.8. The number of hydrogen-bond donors (Lipinski definition) is 0. The molecule has 1 aromatic carbocycles. The molecule has 0 bridgehead atoms. The van der Waals surface area contributed by atoms with Gasteiger partial charge in [0.1, 0.15) is 11.4 Å². The average molecular weight is 418 g/mol. The van der Waals surface area contributed by atoms with Gasteiger partial charge in [-0.3, -0.25) is 0 Å². The van der Waals surface area contributed by atoms with E-state index in [2.05, 4.69) is 15.0 Å². The van der Waals surface area contributed by atoms with Gasteiger partial charge >= 0.3 is 6.09 Å². The standard InChI is InChI=1S/C20H24FN5O2S/c1-13-11-24(9-10-25(13)19(27)28-20(2,3)4)18-23-26-12-16(22-17(26)29-18)14-5-7-15(21)8-6-14/h5-8,12-13H,9-11H2,1-4H3. The lowest BCUT2D eigenvalue weighted by Crippen LogP contribution is -2.55. The summed E-state index contributed by atoms with van der Waals surface area (Å²) in [7, 11) is 0. The van der Waals surface area contributed by atoms with Crippen molar-refractivity contribution in [2.45, 2.75) is 39.3 Å². The van der Waals surface area contributed by atoms with Crippen LogP contribution in [0.2, 0.25) is 0 Å². The quantitative estimate of drug-likeness (QED) is 0.630. The van der Waals surface area contributed by atoms with Crippen molar-refractivity contribution in [2.75, 3.05) is 24.5 Å². The second kappa shape index (κ2) is 7.29. The molecule has 3 aromatic rings. The molecule has 1 atom stereocenters. The lowest BCUT2D eigenvalue weighted by molar-refractivity contribution is 0.0159. The van der Waals surface area contributed by atoms with Crippen molar-refractivity contribution in [3.05, 3.63) is 36.3 Å². The maximum Gasteiger partial charge on any atom is 0.410 e. The van der Waals surface area contributed by atoms with Gasteiger partial charge in [0.2, 0.25) is 10.1 Å². The fraction of sp³-hybridized carbons (Fsp3) is 0.450. The van der Waals surface area contributed by atoms with Crippen molar-refractivity contribution in [1.82, 2.24) is 19.5 Å². The Balaban J connectivity index is 1.46. The van der Waals surface area contributed by atoms with Gasteiger partial charge in [-0.05, 0) is 52.0 Å².